The zero-order valence-corrected chi connectivity index (χ0v) is 9.46. The van der Waals surface area contributed by atoms with Gasteiger partial charge in [-0.05, 0) is 12.1 Å². The molecule has 4 N–H and O–H groups in total. The number of H-pyrrole nitrogens is 1. The van der Waals surface area contributed by atoms with Gasteiger partial charge in [0.1, 0.15) is 5.52 Å². The highest BCUT2D eigenvalue weighted by Crippen LogP contribution is 2.17. The van der Waals surface area contributed by atoms with E-state index in [9.17, 15) is 0 Å². The predicted octanol–water partition coefficient (Wildman–Crippen LogP) is 0.942. The molecule has 0 aliphatic heterocycles. The minimum absolute atomic E-state index is 0.193. The van der Waals surface area contributed by atoms with E-state index in [-0.39, 0.29) is 5.95 Å². The number of fused-ring (bicyclic) bond motifs is 1. The number of hydrogen-bond acceptors (Lipinski definition) is 6. The molecular weight excluding hydrogens is 230 g/mol. The normalized spacial score (nSPS) is 10.7. The molecule has 0 unspecified atom stereocenters. The molecule has 0 atom stereocenters. The smallest absolute Gasteiger partial charge is 0.224 e. The number of nitrogens with two attached hydrogens (primary N) is 1. The van der Waals surface area contributed by atoms with Crippen LogP contribution < -0.4 is 11.1 Å². The fourth-order valence-corrected chi connectivity index (χ4v) is 1.65. The summed E-state index contributed by atoms with van der Waals surface area (Å²) in [6, 6.07) is 5.74. The fraction of sp³-hybridized carbons (Fsp3) is 0.0909. The lowest BCUT2D eigenvalue weighted by molar-refractivity contribution is 1.03. The van der Waals surface area contributed by atoms with Crippen LogP contribution in [0.2, 0.25) is 0 Å². The van der Waals surface area contributed by atoms with E-state index >= 15 is 0 Å². The van der Waals surface area contributed by atoms with Gasteiger partial charge in [-0.1, -0.05) is 6.07 Å². The molecule has 3 rings (SSSR count). The lowest BCUT2D eigenvalue weighted by atomic mass is 10.3. The molecule has 7 nitrogen and oxygen atoms in total. The number of anilines is 2. The van der Waals surface area contributed by atoms with E-state index in [4.69, 9.17) is 5.73 Å². The molecule has 18 heavy (non-hydrogen) atoms. The Bertz CT molecular complexity index is 661. The first kappa shape index (κ1) is 10.5. The number of nitrogens with zero attached hydrogens (tertiary/aromatic N) is 4. The van der Waals surface area contributed by atoms with Crippen molar-refractivity contribution in [3.05, 3.63) is 36.4 Å². The molecule has 0 saturated carbocycles. The molecule has 0 aromatic carbocycles. The minimum Gasteiger partial charge on any atom is -0.368 e. The van der Waals surface area contributed by atoms with E-state index in [1.807, 2.05) is 18.2 Å². The van der Waals surface area contributed by atoms with Crippen LogP contribution in [0.5, 0.6) is 0 Å². The van der Waals surface area contributed by atoms with Crippen LogP contribution in [0.3, 0.4) is 0 Å². The number of aromatic amines is 1. The quantitative estimate of drug-likeness (QED) is 0.630. The molecule has 3 heterocycles. The van der Waals surface area contributed by atoms with Crippen molar-refractivity contribution in [1.29, 1.82) is 0 Å². The number of pyridine rings is 1. The predicted molar refractivity (Wildman–Crippen MR) is 67.7 cm³/mol. The van der Waals surface area contributed by atoms with E-state index in [0.29, 0.717) is 18.0 Å². The number of rotatable bonds is 3. The first-order valence-electron chi connectivity index (χ1n) is 5.43. The van der Waals surface area contributed by atoms with Gasteiger partial charge in [-0.15, -0.1) is 0 Å². The van der Waals surface area contributed by atoms with Crippen molar-refractivity contribution in [3.63, 3.8) is 0 Å². The maximum absolute atomic E-state index is 5.62. The average Bonchev–Trinajstić information content (AvgIpc) is 2.85. The summed E-state index contributed by atoms with van der Waals surface area (Å²) in [5, 5.41) is 3.17. The Hall–Kier alpha value is -2.70. The third-order valence-corrected chi connectivity index (χ3v) is 2.47. The van der Waals surface area contributed by atoms with Gasteiger partial charge in [-0.25, -0.2) is 4.98 Å². The highest BCUT2D eigenvalue weighted by atomic mass is 15.1. The molecule has 0 spiro atoms. The average molecular weight is 241 g/mol. The van der Waals surface area contributed by atoms with Crippen molar-refractivity contribution in [2.24, 2.45) is 0 Å². The Kier molecular flexibility index (Phi) is 2.49. The lowest BCUT2D eigenvalue weighted by Crippen LogP contribution is -2.06. The Morgan fingerprint density at radius 3 is 3.00 bits per heavy atom. The molecular formula is C11H11N7. The largest absolute Gasteiger partial charge is 0.368 e. The van der Waals surface area contributed by atoms with Gasteiger partial charge in [0.2, 0.25) is 5.95 Å². The summed E-state index contributed by atoms with van der Waals surface area (Å²) in [6.45, 7) is 0.561. The summed E-state index contributed by atoms with van der Waals surface area (Å²) in [4.78, 5) is 19.4. The van der Waals surface area contributed by atoms with Gasteiger partial charge >= 0.3 is 0 Å². The number of aromatic nitrogens is 5. The van der Waals surface area contributed by atoms with Crippen molar-refractivity contribution in [1.82, 2.24) is 24.9 Å². The highest BCUT2D eigenvalue weighted by Gasteiger charge is 2.07. The molecule has 0 bridgehead atoms. The number of nitrogen functional groups attached to an aromatic ring is 1. The monoisotopic (exact) mass is 241 g/mol. The van der Waals surface area contributed by atoms with E-state index < -0.39 is 0 Å². The molecule has 3 aromatic heterocycles. The molecule has 0 saturated heterocycles. The van der Waals surface area contributed by atoms with Gasteiger partial charge in [0.25, 0.3) is 0 Å². The number of imidazole rings is 1. The Balaban J connectivity index is 1.88. The van der Waals surface area contributed by atoms with E-state index in [1.54, 1.807) is 12.5 Å². The number of nitrogens with one attached hydrogen (secondary N) is 2. The second-order valence-electron chi connectivity index (χ2n) is 3.71. The molecule has 0 amide bonds. The van der Waals surface area contributed by atoms with Crippen molar-refractivity contribution < 1.29 is 0 Å². The summed E-state index contributed by atoms with van der Waals surface area (Å²) in [5.74, 6) is 0.818. The van der Waals surface area contributed by atoms with Crippen LogP contribution >= 0.6 is 0 Å². The lowest BCUT2D eigenvalue weighted by Gasteiger charge is -2.06. The van der Waals surface area contributed by atoms with E-state index in [1.165, 1.54) is 0 Å². The van der Waals surface area contributed by atoms with Crippen molar-refractivity contribution in [2.45, 2.75) is 6.54 Å². The zero-order valence-electron chi connectivity index (χ0n) is 9.46. The number of hydrogen-bond donors (Lipinski definition) is 3. The topological polar surface area (TPSA) is 105 Å². The van der Waals surface area contributed by atoms with Crippen molar-refractivity contribution >= 4 is 22.9 Å². The first-order valence-corrected chi connectivity index (χ1v) is 5.43. The van der Waals surface area contributed by atoms with Crippen molar-refractivity contribution in [3.8, 4) is 0 Å². The first-order chi connectivity index (χ1) is 8.83. The minimum atomic E-state index is 0.193. The third-order valence-electron chi connectivity index (χ3n) is 2.47. The molecule has 0 fully saturated rings. The van der Waals surface area contributed by atoms with Crippen LogP contribution in [0.4, 0.5) is 11.8 Å². The summed E-state index contributed by atoms with van der Waals surface area (Å²) in [6.07, 6.45) is 3.31. The molecule has 90 valence electrons. The van der Waals surface area contributed by atoms with Crippen LogP contribution in [-0.4, -0.2) is 24.9 Å². The highest BCUT2D eigenvalue weighted by molar-refractivity contribution is 5.83. The van der Waals surface area contributed by atoms with Gasteiger partial charge in [0.05, 0.1) is 18.6 Å². The molecule has 0 radical (unpaired) electrons. The summed E-state index contributed by atoms with van der Waals surface area (Å²) < 4.78 is 0. The van der Waals surface area contributed by atoms with Crippen molar-refractivity contribution in [2.75, 3.05) is 11.1 Å². The van der Waals surface area contributed by atoms with Gasteiger partial charge in [-0.2, -0.15) is 9.97 Å². The van der Waals surface area contributed by atoms with E-state index in [0.717, 1.165) is 11.2 Å². The van der Waals surface area contributed by atoms with Crippen LogP contribution in [0.25, 0.3) is 11.2 Å². The summed E-state index contributed by atoms with van der Waals surface area (Å²) in [5.41, 5.74) is 7.82. The van der Waals surface area contributed by atoms with Gasteiger partial charge in [-0.3, -0.25) is 4.98 Å². The fourth-order valence-electron chi connectivity index (χ4n) is 1.65. The maximum Gasteiger partial charge on any atom is 0.224 e. The second kappa shape index (κ2) is 4.28. The molecule has 0 aliphatic carbocycles. The van der Waals surface area contributed by atoms with Crippen LogP contribution in [0, 0.1) is 0 Å². The maximum atomic E-state index is 5.62. The van der Waals surface area contributed by atoms with E-state index in [2.05, 4.69) is 30.2 Å². The summed E-state index contributed by atoms with van der Waals surface area (Å²) in [7, 11) is 0. The molecule has 0 aliphatic rings. The Morgan fingerprint density at radius 1 is 1.22 bits per heavy atom. The Morgan fingerprint density at radius 2 is 2.17 bits per heavy atom. The van der Waals surface area contributed by atoms with Gasteiger partial charge < -0.3 is 16.0 Å². The second-order valence-corrected chi connectivity index (χ2v) is 3.71. The van der Waals surface area contributed by atoms with Crippen LogP contribution in [0.15, 0.2) is 30.7 Å². The Labute approximate surface area is 103 Å². The molecule has 3 aromatic rings. The zero-order chi connectivity index (χ0) is 12.4. The third kappa shape index (κ3) is 1.93. The van der Waals surface area contributed by atoms with Crippen LogP contribution in [0.1, 0.15) is 5.69 Å². The van der Waals surface area contributed by atoms with Gasteiger partial charge in [0, 0.05) is 6.20 Å². The SMILES string of the molecule is Nc1nc(NCc2ccccn2)c2[nH]cnc2n1. The van der Waals surface area contributed by atoms with Gasteiger partial charge in [0.15, 0.2) is 11.5 Å². The van der Waals surface area contributed by atoms with Crippen LogP contribution in [-0.2, 0) is 6.54 Å². The molecule has 7 heteroatoms. The standard InChI is InChI=1S/C11H11N7/c12-11-17-9(8-10(18-11)16-6-15-8)14-5-7-3-1-2-4-13-7/h1-4,6H,5H2,(H4,12,14,15,16,17,18). The summed E-state index contributed by atoms with van der Waals surface area (Å²) >= 11 is 0.